The third-order valence-electron chi connectivity index (χ3n) is 8.28. The maximum atomic E-state index is 11.5. The third-order valence-corrected chi connectivity index (χ3v) is 8.77. The minimum atomic E-state index is -0.655. The van der Waals surface area contributed by atoms with E-state index in [1.165, 1.54) is 0 Å². The van der Waals surface area contributed by atoms with Gasteiger partial charge in [-0.25, -0.2) is 0 Å². The van der Waals surface area contributed by atoms with Crippen LogP contribution in [0.15, 0.2) is 23.8 Å². The lowest BCUT2D eigenvalue weighted by Gasteiger charge is -2.50. The largest absolute Gasteiger partial charge is 0.507 e. The zero-order chi connectivity index (χ0) is 23.1. The number of phenolic OH excluding ortho intramolecular Hbond substituents is 1. The van der Waals surface area contributed by atoms with Crippen LogP contribution in [0.25, 0.3) is 0 Å². The van der Waals surface area contributed by atoms with Crippen molar-refractivity contribution < 1.29 is 15.0 Å². The summed E-state index contributed by atoms with van der Waals surface area (Å²) < 4.78 is 0. The van der Waals surface area contributed by atoms with Crippen LogP contribution in [0.1, 0.15) is 93.3 Å². The highest BCUT2D eigenvalue weighted by Crippen LogP contribution is 2.51. The minimum absolute atomic E-state index is 0.0735. The van der Waals surface area contributed by atoms with E-state index in [0.29, 0.717) is 40.7 Å². The molecular weight excluding hydrogens is 408 g/mol. The smallest absolute Gasteiger partial charge is 0.154 e. The van der Waals surface area contributed by atoms with Crippen LogP contribution in [-0.4, -0.2) is 22.1 Å². The molecule has 4 heteroatoms. The number of allylic oxidation sites excluding steroid dienone is 4. The fourth-order valence-electron chi connectivity index (χ4n) is 5.15. The average molecular weight is 445 g/mol. The zero-order valence-corrected chi connectivity index (χ0v) is 20.5. The third kappa shape index (κ3) is 4.50. The Balaban J connectivity index is 1.89. The second kappa shape index (κ2) is 8.75. The Morgan fingerprint density at radius 1 is 1.23 bits per heavy atom. The van der Waals surface area contributed by atoms with Gasteiger partial charge < -0.3 is 10.2 Å². The van der Waals surface area contributed by atoms with Gasteiger partial charge in [-0.15, -0.1) is 0 Å². The van der Waals surface area contributed by atoms with Gasteiger partial charge in [0.15, 0.2) is 6.29 Å². The van der Waals surface area contributed by atoms with Crippen molar-refractivity contribution in [3.8, 4) is 5.75 Å². The molecule has 2 aliphatic carbocycles. The Hall–Kier alpha value is -1.58. The monoisotopic (exact) mass is 444 g/mol. The molecule has 2 N–H and O–H groups in total. The van der Waals surface area contributed by atoms with Crippen molar-refractivity contribution in [3.63, 3.8) is 0 Å². The zero-order valence-electron chi connectivity index (χ0n) is 19.8. The molecule has 2 fully saturated rings. The van der Waals surface area contributed by atoms with Crippen molar-refractivity contribution in [1.29, 1.82) is 0 Å². The van der Waals surface area contributed by atoms with E-state index in [9.17, 15) is 15.0 Å². The maximum Gasteiger partial charge on any atom is 0.154 e. The maximum absolute atomic E-state index is 11.5. The summed E-state index contributed by atoms with van der Waals surface area (Å²) in [4.78, 5) is 11.5. The normalized spacial score (nSPS) is 31.9. The summed E-state index contributed by atoms with van der Waals surface area (Å²) in [5.74, 6) is 1.10. The van der Waals surface area contributed by atoms with Gasteiger partial charge in [0.1, 0.15) is 5.75 Å². The number of carbonyl (C=O) groups excluding carboxylic acids is 1. The van der Waals surface area contributed by atoms with Gasteiger partial charge >= 0.3 is 0 Å². The predicted octanol–water partition coefficient (Wildman–Crippen LogP) is 6.91. The summed E-state index contributed by atoms with van der Waals surface area (Å²) in [7, 11) is 0. The van der Waals surface area contributed by atoms with Crippen LogP contribution >= 0.6 is 11.6 Å². The lowest BCUT2D eigenvalue weighted by Crippen LogP contribution is -2.49. The van der Waals surface area contributed by atoms with Crippen LogP contribution < -0.4 is 0 Å². The van der Waals surface area contributed by atoms with Crippen LogP contribution in [0.5, 0.6) is 5.75 Å². The summed E-state index contributed by atoms with van der Waals surface area (Å²) in [6.45, 7) is 12.5. The minimum Gasteiger partial charge on any atom is -0.507 e. The van der Waals surface area contributed by atoms with E-state index >= 15 is 0 Å². The summed E-state index contributed by atoms with van der Waals surface area (Å²) in [5.41, 5.74) is 3.10. The summed E-state index contributed by atoms with van der Waals surface area (Å²) >= 11 is 6.62. The van der Waals surface area contributed by atoms with E-state index in [4.69, 9.17) is 11.6 Å². The van der Waals surface area contributed by atoms with Gasteiger partial charge in [-0.2, -0.15) is 0 Å². The number of aromatic hydroxyl groups is 1. The molecule has 1 aromatic carbocycles. The molecule has 170 valence electrons. The number of phenols is 1. The van der Waals surface area contributed by atoms with Crippen molar-refractivity contribution in [3.05, 3.63) is 51.1 Å². The van der Waals surface area contributed by atoms with Crippen LogP contribution in [0.4, 0.5) is 0 Å². The van der Waals surface area contributed by atoms with Crippen molar-refractivity contribution in [1.82, 2.24) is 0 Å². The Kier molecular flexibility index (Phi) is 6.79. The van der Waals surface area contributed by atoms with Gasteiger partial charge in [0.25, 0.3) is 0 Å². The molecule has 0 unspecified atom stereocenters. The Morgan fingerprint density at radius 3 is 2.45 bits per heavy atom. The molecule has 4 atom stereocenters. The Bertz CT molecular complexity index is 923. The highest BCUT2D eigenvalue weighted by atomic mass is 35.5. The summed E-state index contributed by atoms with van der Waals surface area (Å²) in [6, 6.07) is 0. The van der Waals surface area contributed by atoms with Gasteiger partial charge in [-0.05, 0) is 87.2 Å². The number of halogens is 1. The molecule has 2 aliphatic rings. The molecule has 0 heterocycles. The number of hydrogen-bond donors (Lipinski definition) is 2. The molecule has 31 heavy (non-hydrogen) atoms. The molecule has 0 aromatic heterocycles. The van der Waals surface area contributed by atoms with E-state index in [1.807, 2.05) is 6.92 Å². The first-order valence-electron chi connectivity index (χ1n) is 11.5. The fraction of sp³-hybridized carbons (Fsp3) is 0.593. The van der Waals surface area contributed by atoms with Gasteiger partial charge in [-0.3, -0.25) is 4.79 Å². The predicted molar refractivity (Wildman–Crippen MR) is 128 cm³/mol. The molecule has 0 radical (unpaired) electrons. The number of benzene rings is 1. The summed E-state index contributed by atoms with van der Waals surface area (Å²) in [5, 5.41) is 22.2. The van der Waals surface area contributed by atoms with Gasteiger partial charge in [0.2, 0.25) is 0 Å². The van der Waals surface area contributed by atoms with Crippen molar-refractivity contribution in [2.75, 3.05) is 0 Å². The fourth-order valence-corrected chi connectivity index (χ4v) is 5.52. The molecule has 2 saturated carbocycles. The molecule has 1 aromatic rings. The van der Waals surface area contributed by atoms with Gasteiger partial charge in [0.05, 0.1) is 11.2 Å². The molecular formula is C27H37ClO3. The average Bonchev–Trinajstić information content (AvgIpc) is 3.55. The first kappa shape index (κ1) is 24.1. The van der Waals surface area contributed by atoms with Crippen molar-refractivity contribution in [2.24, 2.45) is 17.3 Å². The van der Waals surface area contributed by atoms with Gasteiger partial charge in [-0.1, -0.05) is 56.2 Å². The second-order valence-corrected chi connectivity index (χ2v) is 10.7. The number of hydrogen-bond acceptors (Lipinski definition) is 3. The number of rotatable bonds is 6. The standard InChI is InChI=1S/C27H37ClO3/c1-16(11-13-26(5)17(2)12-14-27(6,31)19(26)4)7-10-21-23(20-8-9-20)24(28)18(3)22(15-29)25(21)30/h7,11,13,15,17,19-20,30-31H,8-10,12,14H2,1-6H3/b13-11+,16-7+/t17-,19-,26+,27+/m1/s1. The highest BCUT2D eigenvalue weighted by Gasteiger charge is 2.47. The second-order valence-electron chi connectivity index (χ2n) is 10.4. The molecule has 0 saturated heterocycles. The molecule has 0 aliphatic heterocycles. The SMILES string of the molecule is CC(/C=C/[C@@]1(C)[C@H](C)CC[C@](C)(O)[C@@H]1C)=C\Cc1c(O)c(C=O)c(C)c(Cl)c1C1CC1. The Labute approximate surface area is 192 Å². The number of aliphatic hydroxyl groups is 1. The highest BCUT2D eigenvalue weighted by molar-refractivity contribution is 6.33. The van der Waals surface area contributed by atoms with E-state index in [0.717, 1.165) is 42.4 Å². The van der Waals surface area contributed by atoms with Crippen LogP contribution in [0.3, 0.4) is 0 Å². The number of carbonyl (C=O) groups is 1. The van der Waals surface area contributed by atoms with Crippen LogP contribution in [0.2, 0.25) is 5.02 Å². The lowest BCUT2D eigenvalue weighted by molar-refractivity contribution is -0.0915. The quantitative estimate of drug-likeness (QED) is 0.370. The van der Waals surface area contributed by atoms with E-state index in [2.05, 4.69) is 45.9 Å². The molecule has 3 rings (SSSR count). The van der Waals surface area contributed by atoms with Crippen LogP contribution in [0, 0.1) is 24.2 Å². The van der Waals surface area contributed by atoms with E-state index in [1.54, 1.807) is 6.92 Å². The van der Waals surface area contributed by atoms with Crippen molar-refractivity contribution in [2.45, 2.75) is 85.2 Å². The topological polar surface area (TPSA) is 57.5 Å². The van der Waals surface area contributed by atoms with E-state index < -0.39 is 5.60 Å². The van der Waals surface area contributed by atoms with Crippen LogP contribution in [-0.2, 0) is 6.42 Å². The molecule has 0 spiro atoms. The van der Waals surface area contributed by atoms with E-state index in [-0.39, 0.29) is 17.1 Å². The summed E-state index contributed by atoms with van der Waals surface area (Å²) in [6.07, 6.45) is 11.7. The first-order chi connectivity index (χ1) is 14.4. The van der Waals surface area contributed by atoms with Gasteiger partial charge in [0, 0.05) is 10.6 Å². The Morgan fingerprint density at radius 2 is 1.87 bits per heavy atom. The lowest BCUT2D eigenvalue weighted by atomic mass is 9.57. The number of aldehydes is 1. The molecule has 0 bridgehead atoms. The molecule has 3 nitrogen and oxygen atoms in total. The first-order valence-corrected chi connectivity index (χ1v) is 11.9. The molecule has 0 amide bonds. The van der Waals surface area contributed by atoms with Crippen molar-refractivity contribution >= 4 is 17.9 Å².